The average molecular weight is 438 g/mol. The molecule has 2 aromatic carbocycles. The van der Waals surface area contributed by atoms with Crippen molar-refractivity contribution in [2.24, 2.45) is 5.73 Å². The summed E-state index contributed by atoms with van der Waals surface area (Å²) >= 11 is 0. The minimum Gasteiger partial charge on any atom is -0.496 e. The number of methoxy groups -OCH3 is 1. The third kappa shape index (κ3) is 5.08. The molecule has 0 radical (unpaired) electrons. The van der Waals surface area contributed by atoms with Gasteiger partial charge in [-0.15, -0.1) is 0 Å². The number of hydrogen-bond donors (Lipinski definition) is 2. The van der Waals surface area contributed by atoms with E-state index in [0.29, 0.717) is 46.7 Å². The Morgan fingerprint density at radius 3 is 2.59 bits per heavy atom. The molecule has 2 aromatic rings. The summed E-state index contributed by atoms with van der Waals surface area (Å²) in [6.07, 6.45) is 3.00. The minimum absolute atomic E-state index is 0.114. The second kappa shape index (κ2) is 10.00. The highest BCUT2D eigenvalue weighted by molar-refractivity contribution is 6.05. The zero-order valence-corrected chi connectivity index (χ0v) is 18.3. The smallest absolute Gasteiger partial charge is 0.341 e. The Balaban J connectivity index is 1.79. The van der Waals surface area contributed by atoms with Crippen LogP contribution >= 0.6 is 0 Å². The molecule has 1 aliphatic heterocycles. The highest BCUT2D eigenvalue weighted by Crippen LogP contribution is 2.41. The summed E-state index contributed by atoms with van der Waals surface area (Å²) in [5, 5.41) is 2.56. The largest absolute Gasteiger partial charge is 0.496 e. The minimum atomic E-state index is -0.789. The molecule has 8 nitrogen and oxygen atoms in total. The predicted octanol–water partition coefficient (Wildman–Crippen LogP) is 4.04. The van der Waals surface area contributed by atoms with E-state index in [2.05, 4.69) is 5.32 Å². The highest BCUT2D eigenvalue weighted by atomic mass is 16.5. The molecule has 168 valence electrons. The van der Waals surface area contributed by atoms with Crippen molar-refractivity contribution in [3.8, 4) is 11.5 Å². The summed E-state index contributed by atoms with van der Waals surface area (Å²) in [5.74, 6) is 0.221. The van der Waals surface area contributed by atoms with Crippen molar-refractivity contribution in [2.45, 2.75) is 39.7 Å². The van der Waals surface area contributed by atoms with Crippen molar-refractivity contribution >= 4 is 23.7 Å². The molecule has 0 fully saturated rings. The van der Waals surface area contributed by atoms with Crippen LogP contribution in [0.5, 0.6) is 11.5 Å². The number of rotatable bonds is 8. The van der Waals surface area contributed by atoms with Crippen molar-refractivity contribution < 1.29 is 28.6 Å². The fourth-order valence-electron chi connectivity index (χ4n) is 3.66. The van der Waals surface area contributed by atoms with Crippen molar-refractivity contribution in [1.29, 1.82) is 0 Å². The monoisotopic (exact) mass is 438 g/mol. The van der Waals surface area contributed by atoms with Gasteiger partial charge < -0.3 is 25.3 Å². The molecule has 0 bridgehead atoms. The maximum atomic E-state index is 12.3. The topological polar surface area (TPSA) is 117 Å². The molecule has 0 spiro atoms. The van der Waals surface area contributed by atoms with Crippen LogP contribution in [0.15, 0.2) is 42.0 Å². The van der Waals surface area contributed by atoms with E-state index in [4.69, 9.17) is 19.9 Å². The summed E-state index contributed by atoms with van der Waals surface area (Å²) < 4.78 is 16.1. The lowest BCUT2D eigenvalue weighted by atomic mass is 9.93. The van der Waals surface area contributed by atoms with Gasteiger partial charge in [0.05, 0.1) is 18.4 Å². The van der Waals surface area contributed by atoms with Gasteiger partial charge in [-0.25, -0.2) is 9.59 Å². The molecule has 0 atom stereocenters. The summed E-state index contributed by atoms with van der Waals surface area (Å²) in [6, 6.07) is 8.10. The van der Waals surface area contributed by atoms with E-state index in [9.17, 15) is 14.4 Å². The number of allylic oxidation sites excluding steroid dienone is 2. The molecule has 2 amide bonds. The Labute approximate surface area is 186 Å². The molecular weight excluding hydrogens is 412 g/mol. The van der Waals surface area contributed by atoms with Gasteiger partial charge in [-0.2, -0.15) is 0 Å². The van der Waals surface area contributed by atoms with Crippen LogP contribution < -0.4 is 20.5 Å². The standard InChI is InChI=1S/C24H26N2O6/c1-14(10-12-19(27)32-16-7-5-4-6-8-16)9-11-17-21(26-24(25)29)20-18(13-31-23(20)28)15(2)22(17)30-3/h4-9H,10-13H2,1-3H3,(H3,25,26,29)/b14-9+. The fraction of sp³-hybridized carbons (Fsp3) is 0.292. The summed E-state index contributed by atoms with van der Waals surface area (Å²) in [6.45, 7) is 3.85. The lowest BCUT2D eigenvalue weighted by Crippen LogP contribution is -2.22. The molecule has 1 aliphatic rings. The first-order chi connectivity index (χ1) is 15.3. The van der Waals surface area contributed by atoms with E-state index < -0.39 is 12.0 Å². The number of fused-ring (bicyclic) bond motifs is 1. The van der Waals surface area contributed by atoms with E-state index in [1.165, 1.54) is 7.11 Å². The summed E-state index contributed by atoms with van der Waals surface area (Å²) in [4.78, 5) is 36.0. The zero-order valence-electron chi connectivity index (χ0n) is 18.3. The fourth-order valence-corrected chi connectivity index (χ4v) is 3.66. The van der Waals surface area contributed by atoms with E-state index in [0.717, 1.165) is 11.1 Å². The van der Waals surface area contributed by atoms with Crippen LogP contribution in [0.4, 0.5) is 10.5 Å². The van der Waals surface area contributed by atoms with Crippen molar-refractivity contribution in [2.75, 3.05) is 12.4 Å². The van der Waals surface area contributed by atoms with Crippen LogP contribution in [-0.2, 0) is 22.6 Å². The Morgan fingerprint density at radius 1 is 1.22 bits per heavy atom. The molecule has 0 aromatic heterocycles. The van der Waals surface area contributed by atoms with Gasteiger partial charge in [0.25, 0.3) is 0 Å². The van der Waals surface area contributed by atoms with Gasteiger partial charge in [0.2, 0.25) is 0 Å². The van der Waals surface area contributed by atoms with Crippen molar-refractivity contribution in [3.05, 3.63) is 64.2 Å². The number of esters is 2. The quantitative estimate of drug-likeness (QED) is 0.365. The second-order valence-corrected chi connectivity index (χ2v) is 7.47. The van der Waals surface area contributed by atoms with Gasteiger partial charge >= 0.3 is 18.0 Å². The van der Waals surface area contributed by atoms with Gasteiger partial charge in [-0.3, -0.25) is 4.79 Å². The van der Waals surface area contributed by atoms with E-state index in [1.807, 2.05) is 26.0 Å². The molecule has 0 aliphatic carbocycles. The molecule has 0 unspecified atom stereocenters. The highest BCUT2D eigenvalue weighted by Gasteiger charge is 2.32. The van der Waals surface area contributed by atoms with Crippen LogP contribution in [0.1, 0.15) is 46.8 Å². The predicted molar refractivity (Wildman–Crippen MR) is 119 cm³/mol. The van der Waals surface area contributed by atoms with Crippen molar-refractivity contribution in [3.63, 3.8) is 0 Å². The molecular formula is C24H26N2O6. The van der Waals surface area contributed by atoms with Crippen LogP contribution in [-0.4, -0.2) is 25.1 Å². The zero-order chi connectivity index (χ0) is 23.3. The lowest BCUT2D eigenvalue weighted by Gasteiger charge is -2.19. The number of urea groups is 1. The van der Waals surface area contributed by atoms with Crippen LogP contribution in [0.25, 0.3) is 0 Å². The number of cyclic esters (lactones) is 1. The van der Waals surface area contributed by atoms with Crippen LogP contribution in [0, 0.1) is 6.92 Å². The van der Waals surface area contributed by atoms with Gasteiger partial charge in [-0.1, -0.05) is 29.8 Å². The number of carbonyl (C=O) groups is 3. The molecule has 8 heteroatoms. The Hall–Kier alpha value is -3.81. The number of benzene rings is 2. The van der Waals surface area contributed by atoms with Crippen LogP contribution in [0.3, 0.4) is 0 Å². The number of nitrogens with one attached hydrogen (secondary N) is 1. The Morgan fingerprint density at radius 2 is 1.94 bits per heavy atom. The van der Waals surface area contributed by atoms with E-state index in [1.54, 1.807) is 24.3 Å². The van der Waals surface area contributed by atoms with E-state index >= 15 is 0 Å². The number of anilines is 1. The first-order valence-electron chi connectivity index (χ1n) is 10.2. The first-order valence-corrected chi connectivity index (χ1v) is 10.2. The normalized spacial score (nSPS) is 12.7. The SMILES string of the molecule is COc1c(C)c2c(c(NC(N)=O)c1C/C=C(\C)CCC(=O)Oc1ccccc1)C(=O)OC2. The molecule has 3 rings (SSSR count). The Kier molecular flexibility index (Phi) is 7.14. The first kappa shape index (κ1) is 22.9. The summed E-state index contributed by atoms with van der Waals surface area (Å²) in [7, 11) is 1.53. The average Bonchev–Trinajstić information content (AvgIpc) is 3.15. The maximum absolute atomic E-state index is 12.3. The number of ether oxygens (including phenoxy) is 3. The number of hydrogen-bond acceptors (Lipinski definition) is 6. The lowest BCUT2D eigenvalue weighted by molar-refractivity contribution is -0.134. The van der Waals surface area contributed by atoms with Gasteiger partial charge in [0, 0.05) is 17.5 Å². The number of carbonyl (C=O) groups excluding carboxylic acids is 3. The number of primary amides is 1. The molecule has 32 heavy (non-hydrogen) atoms. The van der Waals surface area contributed by atoms with Crippen LogP contribution in [0.2, 0.25) is 0 Å². The molecule has 0 saturated carbocycles. The molecule has 3 N–H and O–H groups in total. The second-order valence-electron chi connectivity index (χ2n) is 7.47. The maximum Gasteiger partial charge on any atom is 0.341 e. The van der Waals surface area contributed by atoms with Gasteiger partial charge in [0.15, 0.2) is 0 Å². The van der Waals surface area contributed by atoms with E-state index in [-0.39, 0.29) is 19.0 Å². The molecule has 0 saturated heterocycles. The van der Waals surface area contributed by atoms with Crippen molar-refractivity contribution in [1.82, 2.24) is 0 Å². The molecule has 1 heterocycles. The number of para-hydroxylation sites is 1. The summed E-state index contributed by atoms with van der Waals surface area (Å²) in [5.41, 5.74) is 8.96. The Bertz CT molecular complexity index is 1080. The van der Waals surface area contributed by atoms with Gasteiger partial charge in [0.1, 0.15) is 18.1 Å². The third-order valence-electron chi connectivity index (χ3n) is 5.28. The van der Waals surface area contributed by atoms with Gasteiger partial charge in [-0.05, 0) is 44.4 Å². The number of nitrogens with two attached hydrogens (primary N) is 1. The third-order valence-corrected chi connectivity index (χ3v) is 5.28. The number of amides is 2.